The minimum absolute atomic E-state index is 0.154. The predicted octanol–water partition coefficient (Wildman–Crippen LogP) is 0.175. The maximum Gasteiger partial charge on any atom is 0.191 e. The Kier molecular flexibility index (Phi) is 4.77. The van der Waals surface area contributed by atoms with Gasteiger partial charge in [-0.2, -0.15) is 11.8 Å². The largest absolute Gasteiger partial charge is 0.370 e. The third-order valence-corrected chi connectivity index (χ3v) is 6.24. The van der Waals surface area contributed by atoms with Gasteiger partial charge in [0.15, 0.2) is 15.8 Å². The van der Waals surface area contributed by atoms with Gasteiger partial charge in [0.1, 0.15) is 0 Å². The number of nitrogens with zero attached hydrogens (tertiary/aromatic N) is 2. The van der Waals surface area contributed by atoms with Crippen LogP contribution in [0.15, 0.2) is 4.99 Å². The van der Waals surface area contributed by atoms with Crippen LogP contribution in [-0.2, 0) is 9.84 Å². The average Bonchev–Trinajstić information content (AvgIpc) is 2.36. The third kappa shape index (κ3) is 4.05. The van der Waals surface area contributed by atoms with E-state index in [9.17, 15) is 8.42 Å². The zero-order valence-corrected chi connectivity index (χ0v) is 12.2. The lowest BCUT2D eigenvalue weighted by molar-refractivity contribution is 0.447. The predicted molar refractivity (Wildman–Crippen MR) is 76.8 cm³/mol. The van der Waals surface area contributed by atoms with Crippen LogP contribution in [0.4, 0.5) is 0 Å². The summed E-state index contributed by atoms with van der Waals surface area (Å²) in [6.45, 7) is 2.45. The maximum atomic E-state index is 11.5. The van der Waals surface area contributed by atoms with Gasteiger partial charge < -0.3 is 10.6 Å². The zero-order chi connectivity index (χ0) is 13.0. The lowest BCUT2D eigenvalue weighted by atomic mass is 10.1. The van der Waals surface area contributed by atoms with Gasteiger partial charge in [-0.1, -0.05) is 0 Å². The molecule has 18 heavy (non-hydrogen) atoms. The highest BCUT2D eigenvalue weighted by Gasteiger charge is 2.24. The Balaban J connectivity index is 1.85. The Labute approximate surface area is 113 Å². The molecule has 0 amide bonds. The van der Waals surface area contributed by atoms with E-state index in [4.69, 9.17) is 5.73 Å². The molecule has 2 saturated heterocycles. The molecule has 2 aliphatic heterocycles. The van der Waals surface area contributed by atoms with Crippen molar-refractivity contribution in [3.8, 4) is 0 Å². The normalized spacial score (nSPS) is 29.2. The zero-order valence-electron chi connectivity index (χ0n) is 10.5. The monoisotopic (exact) mass is 291 g/mol. The lowest BCUT2D eigenvalue weighted by Crippen LogP contribution is -2.43. The first-order chi connectivity index (χ1) is 8.57. The van der Waals surface area contributed by atoms with E-state index in [2.05, 4.69) is 9.89 Å². The second-order valence-corrected chi connectivity index (χ2v) is 8.37. The van der Waals surface area contributed by atoms with Gasteiger partial charge in [-0.3, -0.25) is 4.99 Å². The molecule has 0 aromatic heterocycles. The Morgan fingerprint density at radius 1 is 1.39 bits per heavy atom. The van der Waals surface area contributed by atoms with E-state index in [-0.39, 0.29) is 11.7 Å². The topological polar surface area (TPSA) is 75.8 Å². The summed E-state index contributed by atoms with van der Waals surface area (Å²) < 4.78 is 23.0. The molecule has 5 nitrogen and oxygen atoms in total. The molecule has 0 aliphatic carbocycles. The molecule has 2 aliphatic rings. The minimum atomic E-state index is -2.83. The second kappa shape index (κ2) is 6.14. The number of hydrogen-bond donors (Lipinski definition) is 1. The first-order valence-electron chi connectivity index (χ1n) is 6.40. The summed E-state index contributed by atoms with van der Waals surface area (Å²) in [4.78, 5) is 6.47. The number of guanidine groups is 1. The van der Waals surface area contributed by atoms with Crippen molar-refractivity contribution < 1.29 is 8.42 Å². The smallest absolute Gasteiger partial charge is 0.191 e. The van der Waals surface area contributed by atoms with Crippen molar-refractivity contribution >= 4 is 27.6 Å². The molecule has 1 unspecified atom stereocenters. The van der Waals surface area contributed by atoms with E-state index in [1.807, 2.05) is 11.8 Å². The number of hydrogen-bond acceptors (Lipinski definition) is 4. The van der Waals surface area contributed by atoms with Gasteiger partial charge in [0.05, 0.1) is 11.5 Å². The van der Waals surface area contributed by atoms with Gasteiger partial charge >= 0.3 is 0 Å². The van der Waals surface area contributed by atoms with Crippen molar-refractivity contribution in [2.75, 3.05) is 42.6 Å². The summed E-state index contributed by atoms with van der Waals surface area (Å²) in [5.74, 6) is 3.54. The van der Waals surface area contributed by atoms with Crippen molar-refractivity contribution in [2.45, 2.75) is 12.8 Å². The van der Waals surface area contributed by atoms with E-state index < -0.39 is 9.84 Å². The Morgan fingerprint density at radius 3 is 2.78 bits per heavy atom. The minimum Gasteiger partial charge on any atom is -0.370 e. The van der Waals surface area contributed by atoms with Gasteiger partial charge in [-0.15, -0.1) is 0 Å². The molecule has 0 aromatic carbocycles. The summed E-state index contributed by atoms with van der Waals surface area (Å²) in [6, 6.07) is 0. The molecule has 0 spiro atoms. The molecular weight excluding hydrogens is 270 g/mol. The van der Waals surface area contributed by atoms with Crippen LogP contribution < -0.4 is 5.73 Å². The lowest BCUT2D eigenvalue weighted by Gasteiger charge is -2.28. The molecule has 2 fully saturated rings. The number of aliphatic imine (C=N–C) groups is 1. The summed E-state index contributed by atoms with van der Waals surface area (Å²) in [6.07, 6.45) is 1.72. The molecule has 2 rings (SSSR count). The van der Waals surface area contributed by atoms with E-state index in [0.29, 0.717) is 18.3 Å². The van der Waals surface area contributed by atoms with Gasteiger partial charge in [0.2, 0.25) is 0 Å². The van der Waals surface area contributed by atoms with Crippen molar-refractivity contribution in [3.63, 3.8) is 0 Å². The van der Waals surface area contributed by atoms with E-state index in [1.54, 1.807) is 0 Å². The second-order valence-electron chi connectivity index (χ2n) is 4.92. The third-order valence-electron chi connectivity index (χ3n) is 3.40. The Hall–Kier alpha value is -0.430. The summed E-state index contributed by atoms with van der Waals surface area (Å²) in [5.41, 5.74) is 5.95. The van der Waals surface area contributed by atoms with E-state index in [0.717, 1.165) is 37.4 Å². The molecular formula is C11H21N3O2S2. The molecule has 2 heterocycles. The summed E-state index contributed by atoms with van der Waals surface area (Å²) in [7, 11) is -2.83. The van der Waals surface area contributed by atoms with Gasteiger partial charge in [-0.05, 0) is 18.8 Å². The fraction of sp³-hybridized carbons (Fsp3) is 0.909. The fourth-order valence-corrected chi connectivity index (χ4v) is 5.04. The summed E-state index contributed by atoms with van der Waals surface area (Å²) >= 11 is 1.93. The van der Waals surface area contributed by atoms with Crippen LogP contribution in [0.2, 0.25) is 0 Å². The van der Waals surface area contributed by atoms with Crippen LogP contribution >= 0.6 is 11.8 Å². The first kappa shape index (κ1) is 14.0. The number of rotatable bonds is 2. The molecule has 0 aromatic rings. The molecule has 0 radical (unpaired) electrons. The van der Waals surface area contributed by atoms with Crippen LogP contribution in [0.3, 0.4) is 0 Å². The maximum absolute atomic E-state index is 11.5. The molecule has 0 bridgehead atoms. The van der Waals surface area contributed by atoms with Gasteiger partial charge in [0.25, 0.3) is 0 Å². The standard InChI is InChI=1S/C11H21N3O2S2/c12-11(14-3-5-17-6-4-14)13-8-10-2-1-7-18(15,16)9-10/h10H,1-9H2,(H2,12,13). The van der Waals surface area contributed by atoms with Crippen molar-refractivity contribution in [1.82, 2.24) is 4.90 Å². The van der Waals surface area contributed by atoms with Crippen LogP contribution in [0.1, 0.15) is 12.8 Å². The van der Waals surface area contributed by atoms with Crippen molar-refractivity contribution in [1.29, 1.82) is 0 Å². The van der Waals surface area contributed by atoms with Crippen LogP contribution in [0, 0.1) is 5.92 Å². The molecule has 2 N–H and O–H groups in total. The highest BCUT2D eigenvalue weighted by atomic mass is 32.2. The number of sulfone groups is 1. The van der Waals surface area contributed by atoms with Crippen LogP contribution in [0.5, 0.6) is 0 Å². The highest BCUT2D eigenvalue weighted by molar-refractivity contribution is 7.99. The molecule has 0 saturated carbocycles. The van der Waals surface area contributed by atoms with E-state index >= 15 is 0 Å². The van der Waals surface area contributed by atoms with Crippen LogP contribution in [0.25, 0.3) is 0 Å². The molecule has 1 atom stereocenters. The van der Waals surface area contributed by atoms with Crippen molar-refractivity contribution in [2.24, 2.45) is 16.6 Å². The number of thioether (sulfide) groups is 1. The van der Waals surface area contributed by atoms with Crippen molar-refractivity contribution in [3.05, 3.63) is 0 Å². The van der Waals surface area contributed by atoms with E-state index in [1.165, 1.54) is 0 Å². The summed E-state index contributed by atoms with van der Waals surface area (Å²) in [5, 5.41) is 0. The SMILES string of the molecule is NC(=NCC1CCCS(=O)(=O)C1)N1CCSCC1. The quantitative estimate of drug-likeness (QED) is 0.580. The number of nitrogens with two attached hydrogens (primary N) is 1. The molecule has 104 valence electrons. The fourth-order valence-electron chi connectivity index (χ4n) is 2.38. The van der Waals surface area contributed by atoms with Crippen LogP contribution in [-0.4, -0.2) is 61.9 Å². The molecule has 7 heteroatoms. The van der Waals surface area contributed by atoms with Gasteiger partial charge in [-0.25, -0.2) is 8.42 Å². The Bertz CT molecular complexity index is 403. The first-order valence-corrected chi connectivity index (χ1v) is 9.37. The van der Waals surface area contributed by atoms with Gasteiger partial charge in [0, 0.05) is 31.1 Å². The average molecular weight is 291 g/mol. The Morgan fingerprint density at radius 2 is 2.11 bits per heavy atom. The highest BCUT2D eigenvalue weighted by Crippen LogP contribution is 2.18.